The first kappa shape index (κ1) is 35.3. The van der Waals surface area contributed by atoms with E-state index in [0.717, 1.165) is 42.4 Å². The molecule has 8 atom stereocenters. The Morgan fingerprint density at radius 1 is 0.674 bits per heavy atom. The molecule has 0 radical (unpaired) electrons. The van der Waals surface area contributed by atoms with Crippen molar-refractivity contribution in [1.82, 2.24) is 0 Å². The normalized spacial score (nSPS) is 34.3. The number of carbonyl (C=O) groups is 1. The number of carbonyl (C=O) groups excluding carboxylic acids is 1. The van der Waals surface area contributed by atoms with Crippen LogP contribution in [0.4, 0.5) is 0 Å². The van der Waals surface area contributed by atoms with E-state index >= 15 is 0 Å². The van der Waals surface area contributed by atoms with Gasteiger partial charge >= 0.3 is 5.97 Å². The van der Waals surface area contributed by atoms with Gasteiger partial charge in [-0.2, -0.15) is 0 Å². The SMILES string of the molecule is CCCCCCCCCCCCCCCCCOC(=O)CC[C@@H](C)[C@H]1CC[C@H]2[C@@H]3CCC4CCCC[C@]4(C)[C@H]3CC[C@]12C. The third kappa shape index (κ3) is 9.50. The van der Waals surface area contributed by atoms with Crippen LogP contribution in [0.15, 0.2) is 0 Å². The summed E-state index contributed by atoms with van der Waals surface area (Å²) in [5, 5.41) is 0. The van der Waals surface area contributed by atoms with E-state index in [4.69, 9.17) is 4.74 Å². The van der Waals surface area contributed by atoms with Gasteiger partial charge in [-0.15, -0.1) is 0 Å². The molecule has 0 aromatic carbocycles. The third-order valence-electron chi connectivity index (χ3n) is 14.2. The number of esters is 1. The van der Waals surface area contributed by atoms with Gasteiger partial charge in [0.1, 0.15) is 0 Å². The van der Waals surface area contributed by atoms with Gasteiger partial charge in [0.15, 0.2) is 0 Å². The van der Waals surface area contributed by atoms with Crippen LogP contribution < -0.4 is 0 Å². The van der Waals surface area contributed by atoms with E-state index in [2.05, 4.69) is 27.7 Å². The lowest BCUT2D eigenvalue weighted by Gasteiger charge is -2.61. The maximum absolute atomic E-state index is 12.6. The van der Waals surface area contributed by atoms with Crippen LogP contribution in [-0.4, -0.2) is 12.6 Å². The van der Waals surface area contributed by atoms with Crippen LogP contribution in [0.1, 0.15) is 201 Å². The second kappa shape index (κ2) is 18.0. The van der Waals surface area contributed by atoms with E-state index in [9.17, 15) is 4.79 Å². The molecular formula is C41H74O2. The van der Waals surface area contributed by atoms with Gasteiger partial charge in [-0.3, -0.25) is 4.79 Å². The Morgan fingerprint density at radius 2 is 1.28 bits per heavy atom. The number of hydrogen-bond acceptors (Lipinski definition) is 2. The minimum atomic E-state index is 0.0594. The summed E-state index contributed by atoms with van der Waals surface area (Å²) in [6.07, 6.45) is 37.0. The Labute approximate surface area is 269 Å². The molecule has 0 N–H and O–H groups in total. The van der Waals surface area contributed by atoms with Gasteiger partial charge in [0.25, 0.3) is 0 Å². The first-order valence-corrected chi connectivity index (χ1v) is 20.1. The number of fused-ring (bicyclic) bond motifs is 5. The molecule has 0 bridgehead atoms. The smallest absolute Gasteiger partial charge is 0.305 e. The topological polar surface area (TPSA) is 26.3 Å². The maximum atomic E-state index is 12.6. The highest BCUT2D eigenvalue weighted by Crippen LogP contribution is 2.68. The summed E-state index contributed by atoms with van der Waals surface area (Å²) in [5.74, 6) is 5.44. The average Bonchev–Trinajstić information content (AvgIpc) is 3.36. The van der Waals surface area contributed by atoms with E-state index in [1.54, 1.807) is 0 Å². The molecule has 0 amide bonds. The Kier molecular flexibility index (Phi) is 14.8. The van der Waals surface area contributed by atoms with E-state index in [-0.39, 0.29) is 5.97 Å². The average molecular weight is 599 g/mol. The van der Waals surface area contributed by atoms with Crippen molar-refractivity contribution in [3.8, 4) is 0 Å². The Hall–Kier alpha value is -0.530. The third-order valence-corrected chi connectivity index (χ3v) is 14.2. The van der Waals surface area contributed by atoms with E-state index in [1.807, 2.05) is 0 Å². The highest BCUT2D eigenvalue weighted by molar-refractivity contribution is 5.69. The van der Waals surface area contributed by atoms with Crippen LogP contribution in [0.2, 0.25) is 0 Å². The van der Waals surface area contributed by atoms with Gasteiger partial charge < -0.3 is 4.74 Å². The number of hydrogen-bond donors (Lipinski definition) is 0. The van der Waals surface area contributed by atoms with Crippen molar-refractivity contribution in [3.05, 3.63) is 0 Å². The minimum absolute atomic E-state index is 0.0594. The number of unbranched alkanes of at least 4 members (excludes halogenated alkanes) is 14. The lowest BCUT2D eigenvalue weighted by atomic mass is 9.44. The van der Waals surface area contributed by atoms with Crippen molar-refractivity contribution in [3.63, 3.8) is 0 Å². The molecule has 1 unspecified atom stereocenters. The fourth-order valence-corrected chi connectivity index (χ4v) is 11.5. The molecule has 43 heavy (non-hydrogen) atoms. The zero-order chi connectivity index (χ0) is 30.5. The maximum Gasteiger partial charge on any atom is 0.305 e. The predicted octanol–water partition coefficient (Wildman–Crippen LogP) is 12.9. The number of ether oxygens (including phenoxy) is 1. The fraction of sp³-hybridized carbons (Fsp3) is 0.976. The van der Waals surface area contributed by atoms with Gasteiger partial charge in [0.05, 0.1) is 6.61 Å². The molecule has 0 spiro atoms. The van der Waals surface area contributed by atoms with Crippen molar-refractivity contribution in [2.45, 2.75) is 201 Å². The van der Waals surface area contributed by atoms with E-state index in [1.165, 1.54) is 154 Å². The van der Waals surface area contributed by atoms with Crippen LogP contribution in [-0.2, 0) is 9.53 Å². The molecule has 4 aliphatic rings. The molecule has 4 rings (SSSR count). The standard InChI is InChI=1S/C41H74O2/c1-5-6-7-8-9-10-11-12-13-14-15-16-17-18-21-32-43-39(42)28-23-33(2)36-26-27-37-35-25-24-34-22-19-20-30-40(34,3)38(35)29-31-41(36,37)4/h33-38H,5-32H2,1-4H3/t33-,34?,35+,36-,37+,38+,40+,41-/m1/s1. The molecule has 0 aromatic heterocycles. The number of rotatable bonds is 20. The summed E-state index contributed by atoms with van der Waals surface area (Å²) < 4.78 is 5.69. The monoisotopic (exact) mass is 599 g/mol. The van der Waals surface area contributed by atoms with Crippen LogP contribution >= 0.6 is 0 Å². The summed E-state index contributed by atoms with van der Waals surface area (Å²) in [7, 11) is 0. The van der Waals surface area contributed by atoms with Gasteiger partial charge in [-0.25, -0.2) is 0 Å². The van der Waals surface area contributed by atoms with Crippen LogP contribution in [0, 0.1) is 46.3 Å². The molecule has 0 aliphatic heterocycles. The van der Waals surface area contributed by atoms with Gasteiger partial charge in [-0.1, -0.05) is 130 Å². The highest BCUT2D eigenvalue weighted by atomic mass is 16.5. The second-order valence-electron chi connectivity index (χ2n) is 16.8. The molecule has 2 nitrogen and oxygen atoms in total. The van der Waals surface area contributed by atoms with Gasteiger partial charge in [0.2, 0.25) is 0 Å². The van der Waals surface area contributed by atoms with Crippen LogP contribution in [0.5, 0.6) is 0 Å². The van der Waals surface area contributed by atoms with Gasteiger partial charge in [-0.05, 0) is 111 Å². The van der Waals surface area contributed by atoms with Crippen molar-refractivity contribution in [2.75, 3.05) is 6.61 Å². The van der Waals surface area contributed by atoms with Crippen molar-refractivity contribution >= 4 is 5.97 Å². The van der Waals surface area contributed by atoms with Crippen LogP contribution in [0.3, 0.4) is 0 Å². The van der Waals surface area contributed by atoms with Gasteiger partial charge in [0, 0.05) is 6.42 Å². The largest absolute Gasteiger partial charge is 0.466 e. The van der Waals surface area contributed by atoms with E-state index < -0.39 is 0 Å². The lowest BCUT2D eigenvalue weighted by Crippen LogP contribution is -2.53. The van der Waals surface area contributed by atoms with Crippen molar-refractivity contribution < 1.29 is 9.53 Å². The summed E-state index contributed by atoms with van der Waals surface area (Å²) in [6, 6.07) is 0. The molecular weight excluding hydrogens is 524 g/mol. The second-order valence-corrected chi connectivity index (χ2v) is 16.8. The summed E-state index contributed by atoms with van der Waals surface area (Å²) in [5.41, 5.74) is 1.15. The lowest BCUT2D eigenvalue weighted by molar-refractivity contribution is -0.144. The molecule has 0 aromatic rings. The molecule has 4 aliphatic carbocycles. The first-order chi connectivity index (χ1) is 20.9. The first-order valence-electron chi connectivity index (χ1n) is 20.1. The molecule has 2 heteroatoms. The van der Waals surface area contributed by atoms with Crippen molar-refractivity contribution in [1.29, 1.82) is 0 Å². The highest BCUT2D eigenvalue weighted by Gasteiger charge is 2.60. The summed E-state index contributed by atoms with van der Waals surface area (Å²) in [6.45, 7) is 10.8. The molecule has 0 saturated heterocycles. The van der Waals surface area contributed by atoms with Crippen LogP contribution in [0.25, 0.3) is 0 Å². The summed E-state index contributed by atoms with van der Waals surface area (Å²) in [4.78, 5) is 12.6. The zero-order valence-electron chi connectivity index (χ0n) is 29.6. The predicted molar refractivity (Wildman–Crippen MR) is 184 cm³/mol. The quantitative estimate of drug-likeness (QED) is 0.103. The molecule has 4 fully saturated rings. The Bertz CT molecular complexity index is 791. The summed E-state index contributed by atoms with van der Waals surface area (Å²) >= 11 is 0. The van der Waals surface area contributed by atoms with E-state index in [0.29, 0.717) is 29.8 Å². The fourth-order valence-electron chi connectivity index (χ4n) is 11.5. The Balaban J connectivity index is 1.02. The zero-order valence-corrected chi connectivity index (χ0v) is 29.6. The molecule has 250 valence electrons. The minimum Gasteiger partial charge on any atom is -0.466 e. The van der Waals surface area contributed by atoms with Crippen molar-refractivity contribution in [2.24, 2.45) is 46.3 Å². The Morgan fingerprint density at radius 3 is 1.93 bits per heavy atom. The molecule has 0 heterocycles. The molecule has 4 saturated carbocycles.